The monoisotopic (exact) mass is 281 g/mol. The summed E-state index contributed by atoms with van der Waals surface area (Å²) < 4.78 is 0. The minimum Gasteiger partial charge on any atom is -0.320 e. The lowest BCUT2D eigenvalue weighted by Crippen LogP contribution is -2.39. The van der Waals surface area contributed by atoms with Crippen molar-refractivity contribution in [3.8, 4) is 0 Å². The van der Waals surface area contributed by atoms with E-state index >= 15 is 0 Å². The summed E-state index contributed by atoms with van der Waals surface area (Å²) in [7, 11) is 0. The maximum Gasteiger partial charge on any atom is 0.325 e. The molecule has 0 saturated carbocycles. The lowest BCUT2D eigenvalue weighted by atomic mass is 10.0. The number of nitrogens with two attached hydrogens (primary N) is 1. The van der Waals surface area contributed by atoms with Gasteiger partial charge in [0.15, 0.2) is 0 Å². The predicted molar refractivity (Wildman–Crippen MR) is 75.6 cm³/mol. The molecule has 1 amide bonds. The zero-order valence-corrected chi connectivity index (χ0v) is 11.7. The molecule has 1 atom stereocenters. The first-order chi connectivity index (χ1) is 9.31. The van der Waals surface area contributed by atoms with Crippen molar-refractivity contribution in [3.05, 3.63) is 32.1 Å². The number of rotatable bonds is 5. The molecule has 0 spiro atoms. The Morgan fingerprint density at radius 3 is 2.60 bits per heavy atom. The summed E-state index contributed by atoms with van der Waals surface area (Å²) in [5, 5.41) is 3.67. The molecule has 1 heterocycles. The maximum atomic E-state index is 11.6. The zero-order valence-electron chi connectivity index (χ0n) is 11.7. The Bertz CT molecular complexity index is 614. The summed E-state index contributed by atoms with van der Waals surface area (Å²) in [4.78, 5) is 38.6. The number of nitrogens with one attached hydrogen (secondary N) is 3. The Morgan fingerprint density at radius 2 is 2.05 bits per heavy atom. The first-order valence-corrected chi connectivity index (χ1v) is 6.23. The number of aromatic nitrogens is 2. The molecule has 0 fully saturated rings. The Hall–Kier alpha value is -2.22. The molecule has 0 radical (unpaired) electrons. The van der Waals surface area contributed by atoms with Gasteiger partial charge in [0.25, 0.3) is 11.5 Å². The fourth-order valence-electron chi connectivity index (χ4n) is 1.62. The number of aromatic amines is 2. The SMILES string of the molecule is Cc1[nH]c(=O)[nH]c(=O)c1/C=N/NC(=O)[C@@H](N)CC(C)C. The number of carbonyl (C=O) groups excluding carboxylic acids is 1. The van der Waals surface area contributed by atoms with Crippen LogP contribution in [0.5, 0.6) is 0 Å². The fourth-order valence-corrected chi connectivity index (χ4v) is 1.62. The van der Waals surface area contributed by atoms with Gasteiger partial charge in [-0.3, -0.25) is 14.6 Å². The first-order valence-electron chi connectivity index (χ1n) is 6.23. The van der Waals surface area contributed by atoms with Crippen LogP contribution in [0.2, 0.25) is 0 Å². The molecule has 0 aliphatic rings. The van der Waals surface area contributed by atoms with Crippen molar-refractivity contribution in [1.29, 1.82) is 0 Å². The van der Waals surface area contributed by atoms with E-state index in [1.165, 1.54) is 6.21 Å². The number of hydrogen-bond acceptors (Lipinski definition) is 5. The molecular formula is C12H19N5O3. The molecule has 20 heavy (non-hydrogen) atoms. The molecule has 1 aromatic heterocycles. The lowest BCUT2D eigenvalue weighted by molar-refractivity contribution is -0.122. The second kappa shape index (κ2) is 6.80. The number of nitrogens with zero attached hydrogens (tertiary/aromatic N) is 1. The predicted octanol–water partition coefficient (Wildman–Crippen LogP) is -0.805. The van der Waals surface area contributed by atoms with Crippen LogP contribution in [0, 0.1) is 12.8 Å². The highest BCUT2D eigenvalue weighted by Gasteiger charge is 2.14. The summed E-state index contributed by atoms with van der Waals surface area (Å²) in [5.41, 5.74) is 7.31. The Labute approximate surface area is 115 Å². The van der Waals surface area contributed by atoms with Crippen LogP contribution in [0.15, 0.2) is 14.7 Å². The van der Waals surface area contributed by atoms with E-state index in [9.17, 15) is 14.4 Å². The quantitative estimate of drug-likeness (QED) is 0.415. The van der Waals surface area contributed by atoms with Gasteiger partial charge in [0, 0.05) is 5.69 Å². The van der Waals surface area contributed by atoms with E-state index in [-0.39, 0.29) is 5.56 Å². The highest BCUT2D eigenvalue weighted by molar-refractivity contribution is 5.85. The minimum absolute atomic E-state index is 0.169. The van der Waals surface area contributed by atoms with Crippen LogP contribution in [0.3, 0.4) is 0 Å². The van der Waals surface area contributed by atoms with Crippen LogP contribution in [-0.4, -0.2) is 28.1 Å². The van der Waals surface area contributed by atoms with Gasteiger partial charge in [-0.1, -0.05) is 13.8 Å². The average Bonchev–Trinajstić information content (AvgIpc) is 2.31. The third kappa shape index (κ3) is 4.47. The van der Waals surface area contributed by atoms with Gasteiger partial charge in [0.05, 0.1) is 17.8 Å². The van der Waals surface area contributed by atoms with Gasteiger partial charge in [0.1, 0.15) is 0 Å². The number of hydrazone groups is 1. The number of hydrogen-bond donors (Lipinski definition) is 4. The molecule has 0 saturated heterocycles. The largest absolute Gasteiger partial charge is 0.325 e. The van der Waals surface area contributed by atoms with Gasteiger partial charge < -0.3 is 10.7 Å². The Balaban J connectivity index is 2.73. The summed E-state index contributed by atoms with van der Waals surface area (Å²) >= 11 is 0. The van der Waals surface area contributed by atoms with E-state index < -0.39 is 23.2 Å². The smallest absolute Gasteiger partial charge is 0.320 e. The van der Waals surface area contributed by atoms with Gasteiger partial charge in [-0.25, -0.2) is 10.2 Å². The van der Waals surface area contributed by atoms with Crippen LogP contribution >= 0.6 is 0 Å². The summed E-state index contributed by atoms with van der Waals surface area (Å²) in [6.07, 6.45) is 1.71. The lowest BCUT2D eigenvalue weighted by Gasteiger charge is -2.11. The molecular weight excluding hydrogens is 262 g/mol. The molecule has 0 bridgehead atoms. The second-order valence-corrected chi connectivity index (χ2v) is 4.92. The van der Waals surface area contributed by atoms with Crippen molar-refractivity contribution in [2.45, 2.75) is 33.2 Å². The number of H-pyrrole nitrogens is 2. The first kappa shape index (κ1) is 15.8. The van der Waals surface area contributed by atoms with Crippen LogP contribution < -0.4 is 22.4 Å². The van der Waals surface area contributed by atoms with Crippen LogP contribution in [-0.2, 0) is 4.79 Å². The van der Waals surface area contributed by atoms with Crippen molar-refractivity contribution < 1.29 is 4.79 Å². The summed E-state index contributed by atoms with van der Waals surface area (Å²) in [6.45, 7) is 5.48. The topological polar surface area (TPSA) is 133 Å². The molecule has 5 N–H and O–H groups in total. The third-order valence-corrected chi connectivity index (χ3v) is 2.61. The molecule has 0 aliphatic carbocycles. The van der Waals surface area contributed by atoms with Crippen LogP contribution in [0.1, 0.15) is 31.5 Å². The molecule has 8 nitrogen and oxygen atoms in total. The molecule has 0 aromatic carbocycles. The van der Waals surface area contributed by atoms with E-state index in [1.54, 1.807) is 6.92 Å². The zero-order chi connectivity index (χ0) is 15.3. The molecule has 110 valence electrons. The average molecular weight is 281 g/mol. The highest BCUT2D eigenvalue weighted by atomic mass is 16.2. The van der Waals surface area contributed by atoms with Gasteiger partial charge in [0.2, 0.25) is 0 Å². The van der Waals surface area contributed by atoms with Crippen molar-refractivity contribution in [2.24, 2.45) is 16.8 Å². The number of carbonyl (C=O) groups is 1. The second-order valence-electron chi connectivity index (χ2n) is 4.92. The third-order valence-electron chi connectivity index (χ3n) is 2.61. The van der Waals surface area contributed by atoms with Crippen molar-refractivity contribution in [3.63, 3.8) is 0 Å². The van der Waals surface area contributed by atoms with Crippen LogP contribution in [0.4, 0.5) is 0 Å². The molecule has 0 unspecified atom stereocenters. The molecule has 1 aromatic rings. The van der Waals surface area contributed by atoms with E-state index in [0.29, 0.717) is 18.0 Å². The van der Waals surface area contributed by atoms with Crippen molar-refractivity contribution in [1.82, 2.24) is 15.4 Å². The highest BCUT2D eigenvalue weighted by Crippen LogP contribution is 2.02. The van der Waals surface area contributed by atoms with Crippen LogP contribution in [0.25, 0.3) is 0 Å². The van der Waals surface area contributed by atoms with Crippen molar-refractivity contribution >= 4 is 12.1 Å². The van der Waals surface area contributed by atoms with Gasteiger partial charge in [-0.2, -0.15) is 5.10 Å². The summed E-state index contributed by atoms with van der Waals surface area (Å²) in [5.74, 6) is -0.127. The number of aryl methyl sites for hydroxylation is 1. The fraction of sp³-hybridized carbons (Fsp3) is 0.500. The Morgan fingerprint density at radius 1 is 1.40 bits per heavy atom. The number of amides is 1. The summed E-state index contributed by atoms with van der Waals surface area (Å²) in [6, 6.07) is -0.651. The van der Waals surface area contributed by atoms with Gasteiger partial charge >= 0.3 is 5.69 Å². The molecule has 1 rings (SSSR count). The van der Waals surface area contributed by atoms with E-state index in [2.05, 4.69) is 20.5 Å². The van der Waals surface area contributed by atoms with Crippen molar-refractivity contribution in [2.75, 3.05) is 0 Å². The van der Waals surface area contributed by atoms with E-state index in [1.807, 2.05) is 13.8 Å². The van der Waals surface area contributed by atoms with Gasteiger partial charge in [-0.05, 0) is 19.3 Å². The normalized spacial score (nSPS) is 12.8. The molecule has 8 heteroatoms. The molecule has 0 aliphatic heterocycles. The maximum absolute atomic E-state index is 11.6. The Kier molecular flexibility index (Phi) is 5.39. The van der Waals surface area contributed by atoms with Gasteiger partial charge in [-0.15, -0.1) is 0 Å². The standard InChI is InChI=1S/C12H19N5O3/c1-6(2)4-9(13)11(19)17-14-5-8-7(3)15-12(20)16-10(8)18/h5-6,9H,4,13H2,1-3H3,(H,17,19)(H2,15,16,18,20)/b14-5+/t9-/m0/s1. The van der Waals surface area contributed by atoms with E-state index in [4.69, 9.17) is 5.73 Å². The van der Waals surface area contributed by atoms with E-state index in [0.717, 1.165) is 0 Å². The minimum atomic E-state index is -0.651.